The van der Waals surface area contributed by atoms with Crippen LogP contribution in [0.15, 0.2) is 34.6 Å². The Balaban J connectivity index is 2.36. The standard InChI is InChI=1S/C16H24O2/c1-9(2)12-6-5-10(3)7-13(12)15-14(17)8-11(4)16(15)18/h7-9,12-13,16-18H,5-6H2,1-4H3/t12?,13?,16-/m1/s1. The van der Waals surface area contributed by atoms with Gasteiger partial charge in [0.1, 0.15) is 11.9 Å². The molecular formula is C16H24O2. The quantitative estimate of drug-likeness (QED) is 0.731. The minimum atomic E-state index is -0.599. The van der Waals surface area contributed by atoms with Gasteiger partial charge in [0, 0.05) is 11.5 Å². The van der Waals surface area contributed by atoms with Crippen LogP contribution in [0.2, 0.25) is 0 Å². The molecule has 0 spiro atoms. The van der Waals surface area contributed by atoms with Gasteiger partial charge in [-0.05, 0) is 50.2 Å². The zero-order valence-corrected chi connectivity index (χ0v) is 11.8. The fraction of sp³-hybridized carbons (Fsp3) is 0.625. The van der Waals surface area contributed by atoms with E-state index in [0.29, 0.717) is 11.8 Å². The predicted octanol–water partition coefficient (Wildman–Crippen LogP) is 3.75. The van der Waals surface area contributed by atoms with Gasteiger partial charge in [0.25, 0.3) is 0 Å². The minimum Gasteiger partial charge on any atom is -0.508 e. The Morgan fingerprint density at radius 1 is 1.28 bits per heavy atom. The van der Waals surface area contributed by atoms with E-state index >= 15 is 0 Å². The molecule has 0 radical (unpaired) electrons. The molecule has 3 atom stereocenters. The highest BCUT2D eigenvalue weighted by atomic mass is 16.3. The summed E-state index contributed by atoms with van der Waals surface area (Å²) in [6.07, 6.45) is 5.63. The Hall–Kier alpha value is -1.02. The van der Waals surface area contributed by atoms with E-state index in [9.17, 15) is 10.2 Å². The average molecular weight is 248 g/mol. The van der Waals surface area contributed by atoms with E-state index in [2.05, 4.69) is 26.8 Å². The lowest BCUT2D eigenvalue weighted by molar-refractivity contribution is 0.203. The molecule has 0 fully saturated rings. The zero-order chi connectivity index (χ0) is 13.4. The maximum Gasteiger partial charge on any atom is 0.118 e. The van der Waals surface area contributed by atoms with Crippen LogP contribution in [0.3, 0.4) is 0 Å². The Morgan fingerprint density at radius 3 is 2.44 bits per heavy atom. The molecule has 0 aliphatic heterocycles. The summed E-state index contributed by atoms with van der Waals surface area (Å²) in [6, 6.07) is 0. The molecule has 2 aliphatic rings. The molecule has 0 amide bonds. The summed E-state index contributed by atoms with van der Waals surface area (Å²) < 4.78 is 0. The molecule has 0 saturated heterocycles. The van der Waals surface area contributed by atoms with Crippen LogP contribution in [0.25, 0.3) is 0 Å². The van der Waals surface area contributed by atoms with Crippen molar-refractivity contribution in [1.82, 2.24) is 0 Å². The second-order valence-electron chi connectivity index (χ2n) is 6.12. The Kier molecular flexibility index (Phi) is 3.67. The number of hydrogen-bond donors (Lipinski definition) is 2. The van der Waals surface area contributed by atoms with E-state index in [1.165, 1.54) is 5.57 Å². The Bertz CT molecular complexity index is 426. The fourth-order valence-corrected chi connectivity index (χ4v) is 3.27. The second-order valence-corrected chi connectivity index (χ2v) is 6.12. The largest absolute Gasteiger partial charge is 0.508 e. The van der Waals surface area contributed by atoms with Gasteiger partial charge in [-0.2, -0.15) is 0 Å². The van der Waals surface area contributed by atoms with Crippen LogP contribution in [-0.4, -0.2) is 16.3 Å². The highest BCUT2D eigenvalue weighted by Crippen LogP contribution is 2.42. The molecule has 2 nitrogen and oxygen atoms in total. The second kappa shape index (κ2) is 4.93. The SMILES string of the molecule is CC1=CC(C2=C(O)C=C(C)[C@H]2O)C(C(C)C)CC1. The lowest BCUT2D eigenvalue weighted by atomic mass is 9.71. The molecule has 0 aromatic heterocycles. The van der Waals surface area contributed by atoms with Crippen molar-refractivity contribution in [3.05, 3.63) is 34.6 Å². The van der Waals surface area contributed by atoms with Crippen LogP contribution < -0.4 is 0 Å². The molecule has 18 heavy (non-hydrogen) atoms. The van der Waals surface area contributed by atoms with Gasteiger partial charge in [-0.25, -0.2) is 0 Å². The monoisotopic (exact) mass is 248 g/mol. The van der Waals surface area contributed by atoms with E-state index in [1.807, 2.05) is 6.92 Å². The van der Waals surface area contributed by atoms with Gasteiger partial charge in [-0.1, -0.05) is 25.5 Å². The van der Waals surface area contributed by atoms with Crippen molar-refractivity contribution in [2.75, 3.05) is 0 Å². The molecule has 0 aromatic rings. The van der Waals surface area contributed by atoms with Crippen LogP contribution in [-0.2, 0) is 0 Å². The molecule has 2 aliphatic carbocycles. The third-order valence-corrected chi connectivity index (χ3v) is 4.40. The fourth-order valence-electron chi connectivity index (χ4n) is 3.27. The third kappa shape index (κ3) is 2.26. The molecule has 2 N–H and O–H groups in total. The van der Waals surface area contributed by atoms with Gasteiger partial charge in [-0.15, -0.1) is 0 Å². The first-order valence-corrected chi connectivity index (χ1v) is 6.88. The number of rotatable bonds is 2. The summed E-state index contributed by atoms with van der Waals surface area (Å²) in [5, 5.41) is 20.3. The Morgan fingerprint density at radius 2 is 1.94 bits per heavy atom. The van der Waals surface area contributed by atoms with Gasteiger partial charge in [0.15, 0.2) is 0 Å². The van der Waals surface area contributed by atoms with Gasteiger partial charge >= 0.3 is 0 Å². The lowest BCUT2D eigenvalue weighted by Crippen LogP contribution is -2.28. The zero-order valence-electron chi connectivity index (χ0n) is 11.8. The van der Waals surface area contributed by atoms with Crippen molar-refractivity contribution < 1.29 is 10.2 Å². The maximum atomic E-state index is 10.3. The number of hydrogen-bond acceptors (Lipinski definition) is 2. The molecule has 0 saturated carbocycles. The van der Waals surface area contributed by atoms with Crippen molar-refractivity contribution in [2.45, 2.75) is 46.6 Å². The van der Waals surface area contributed by atoms with Crippen LogP contribution in [0.1, 0.15) is 40.5 Å². The topological polar surface area (TPSA) is 40.5 Å². The van der Waals surface area contributed by atoms with Crippen LogP contribution >= 0.6 is 0 Å². The first-order chi connectivity index (χ1) is 8.41. The average Bonchev–Trinajstić information content (AvgIpc) is 2.52. The lowest BCUT2D eigenvalue weighted by Gasteiger charge is -2.35. The maximum absolute atomic E-state index is 10.3. The smallest absolute Gasteiger partial charge is 0.118 e. The first-order valence-electron chi connectivity index (χ1n) is 6.88. The van der Waals surface area contributed by atoms with Crippen LogP contribution in [0.5, 0.6) is 0 Å². The Labute approximate surface area is 110 Å². The molecular weight excluding hydrogens is 224 g/mol. The third-order valence-electron chi connectivity index (χ3n) is 4.40. The normalized spacial score (nSPS) is 32.9. The summed E-state index contributed by atoms with van der Waals surface area (Å²) in [4.78, 5) is 0. The molecule has 2 unspecified atom stereocenters. The van der Waals surface area contributed by atoms with Crippen LogP contribution in [0, 0.1) is 17.8 Å². The molecule has 0 bridgehead atoms. The highest BCUT2D eigenvalue weighted by molar-refractivity contribution is 5.43. The number of allylic oxidation sites excluding steroid dienone is 3. The minimum absolute atomic E-state index is 0.183. The molecule has 2 rings (SSSR count). The summed E-state index contributed by atoms with van der Waals surface area (Å²) >= 11 is 0. The van der Waals surface area contributed by atoms with E-state index in [4.69, 9.17) is 0 Å². The van der Waals surface area contributed by atoms with E-state index < -0.39 is 6.10 Å². The molecule has 100 valence electrons. The summed E-state index contributed by atoms with van der Waals surface area (Å²) in [5.41, 5.74) is 3.03. The molecule has 2 heteroatoms. The number of aliphatic hydroxyl groups excluding tert-OH is 2. The first kappa shape index (κ1) is 13.4. The molecule has 0 heterocycles. The van der Waals surface area contributed by atoms with Crippen molar-refractivity contribution in [3.8, 4) is 0 Å². The van der Waals surface area contributed by atoms with Gasteiger partial charge in [0.05, 0.1) is 0 Å². The van der Waals surface area contributed by atoms with Gasteiger partial charge in [0.2, 0.25) is 0 Å². The van der Waals surface area contributed by atoms with Gasteiger partial charge < -0.3 is 10.2 Å². The van der Waals surface area contributed by atoms with Crippen molar-refractivity contribution in [3.63, 3.8) is 0 Å². The van der Waals surface area contributed by atoms with Crippen molar-refractivity contribution >= 4 is 0 Å². The highest BCUT2D eigenvalue weighted by Gasteiger charge is 2.36. The summed E-state index contributed by atoms with van der Waals surface area (Å²) in [5.74, 6) is 1.54. The van der Waals surface area contributed by atoms with Crippen molar-refractivity contribution in [1.29, 1.82) is 0 Å². The van der Waals surface area contributed by atoms with Gasteiger partial charge in [-0.3, -0.25) is 0 Å². The summed E-state index contributed by atoms with van der Waals surface area (Å²) in [6.45, 7) is 8.47. The van der Waals surface area contributed by atoms with E-state index in [-0.39, 0.29) is 11.7 Å². The van der Waals surface area contributed by atoms with E-state index in [1.54, 1.807) is 6.08 Å². The predicted molar refractivity (Wildman–Crippen MR) is 74.2 cm³/mol. The van der Waals surface area contributed by atoms with E-state index in [0.717, 1.165) is 24.0 Å². The molecule has 0 aromatic carbocycles. The van der Waals surface area contributed by atoms with Crippen molar-refractivity contribution in [2.24, 2.45) is 17.8 Å². The number of aliphatic hydroxyl groups is 2. The van der Waals surface area contributed by atoms with Crippen LogP contribution in [0.4, 0.5) is 0 Å². The summed E-state index contributed by atoms with van der Waals surface area (Å²) in [7, 11) is 0.